The highest BCUT2D eigenvalue weighted by Crippen LogP contribution is 2.30. The standard InChI is InChI=1S/C18H15F4N3O/c1-11(26)24-16(12-5-7-13(8-6-12)18(20,21)22)9-25-10-23-15-4-2-3-14(19)17(15)25/h2-8,10,16H,9H2,1H3,(H,24,26). The first-order valence-electron chi connectivity index (χ1n) is 7.79. The summed E-state index contributed by atoms with van der Waals surface area (Å²) in [7, 11) is 0. The van der Waals surface area contributed by atoms with Crippen molar-refractivity contribution in [3.05, 3.63) is 65.7 Å². The fourth-order valence-corrected chi connectivity index (χ4v) is 2.80. The Labute approximate surface area is 146 Å². The van der Waals surface area contributed by atoms with E-state index in [4.69, 9.17) is 0 Å². The summed E-state index contributed by atoms with van der Waals surface area (Å²) in [6.07, 6.45) is -3.00. The number of carbonyl (C=O) groups excluding carboxylic acids is 1. The zero-order chi connectivity index (χ0) is 18.9. The minimum absolute atomic E-state index is 0.127. The molecule has 0 radical (unpaired) electrons. The van der Waals surface area contributed by atoms with Gasteiger partial charge in [-0.3, -0.25) is 4.79 Å². The molecule has 3 rings (SSSR count). The minimum Gasteiger partial charge on any atom is -0.348 e. The predicted octanol–water partition coefficient (Wildman–Crippen LogP) is 4.07. The number of para-hydroxylation sites is 1. The second kappa shape index (κ2) is 6.78. The molecule has 1 amide bonds. The lowest BCUT2D eigenvalue weighted by atomic mass is 10.0. The fourth-order valence-electron chi connectivity index (χ4n) is 2.80. The van der Waals surface area contributed by atoms with Crippen LogP contribution in [0.25, 0.3) is 11.0 Å². The first-order valence-corrected chi connectivity index (χ1v) is 7.79. The van der Waals surface area contributed by atoms with Crippen LogP contribution >= 0.6 is 0 Å². The number of amides is 1. The molecule has 1 N–H and O–H groups in total. The molecule has 0 spiro atoms. The third-order valence-corrected chi connectivity index (χ3v) is 3.99. The molecule has 0 saturated heterocycles. The predicted molar refractivity (Wildman–Crippen MR) is 87.7 cm³/mol. The number of hydrogen-bond donors (Lipinski definition) is 1. The lowest BCUT2D eigenvalue weighted by Gasteiger charge is -2.20. The number of alkyl halides is 3. The van der Waals surface area contributed by atoms with Crippen molar-refractivity contribution in [2.24, 2.45) is 0 Å². The zero-order valence-corrected chi connectivity index (χ0v) is 13.7. The maximum atomic E-state index is 14.1. The van der Waals surface area contributed by atoms with Gasteiger partial charge in [-0.15, -0.1) is 0 Å². The number of aromatic nitrogens is 2. The van der Waals surface area contributed by atoms with Crippen LogP contribution in [0.4, 0.5) is 17.6 Å². The van der Waals surface area contributed by atoms with Gasteiger partial charge in [0.05, 0.1) is 23.4 Å². The van der Waals surface area contributed by atoms with Gasteiger partial charge in [-0.25, -0.2) is 9.37 Å². The van der Waals surface area contributed by atoms with Gasteiger partial charge in [0.15, 0.2) is 0 Å². The Balaban J connectivity index is 1.94. The number of hydrogen-bond acceptors (Lipinski definition) is 2. The van der Waals surface area contributed by atoms with Gasteiger partial charge >= 0.3 is 6.18 Å². The Morgan fingerprint density at radius 1 is 1.19 bits per heavy atom. The van der Waals surface area contributed by atoms with Crippen LogP contribution < -0.4 is 5.32 Å². The monoisotopic (exact) mass is 365 g/mol. The molecule has 0 aliphatic heterocycles. The molecule has 0 aliphatic rings. The van der Waals surface area contributed by atoms with Crippen LogP contribution in [0.15, 0.2) is 48.8 Å². The quantitative estimate of drug-likeness (QED) is 0.709. The number of benzene rings is 2. The summed E-state index contributed by atoms with van der Waals surface area (Å²) in [5.41, 5.74) is 0.432. The third-order valence-electron chi connectivity index (χ3n) is 3.99. The van der Waals surface area contributed by atoms with E-state index in [0.717, 1.165) is 12.1 Å². The number of nitrogens with zero attached hydrogens (tertiary/aromatic N) is 2. The SMILES string of the molecule is CC(=O)NC(Cn1cnc2cccc(F)c21)c1ccc(C(F)(F)F)cc1. The normalized spacial score (nSPS) is 13.0. The molecule has 3 aromatic rings. The van der Waals surface area contributed by atoms with Crippen molar-refractivity contribution in [3.8, 4) is 0 Å². The van der Waals surface area contributed by atoms with Crippen molar-refractivity contribution in [1.82, 2.24) is 14.9 Å². The number of fused-ring (bicyclic) bond motifs is 1. The summed E-state index contributed by atoms with van der Waals surface area (Å²) < 4.78 is 53.8. The molecular formula is C18H15F4N3O. The van der Waals surface area contributed by atoms with E-state index in [1.54, 1.807) is 6.07 Å². The van der Waals surface area contributed by atoms with Crippen LogP contribution in [0.2, 0.25) is 0 Å². The topological polar surface area (TPSA) is 46.9 Å². The van der Waals surface area contributed by atoms with E-state index in [0.29, 0.717) is 11.1 Å². The molecule has 4 nitrogen and oxygen atoms in total. The molecule has 1 aromatic heterocycles. The second-order valence-electron chi connectivity index (χ2n) is 5.88. The molecule has 2 aromatic carbocycles. The largest absolute Gasteiger partial charge is 0.416 e. The summed E-state index contributed by atoms with van der Waals surface area (Å²) in [5.74, 6) is -0.811. The van der Waals surface area contributed by atoms with E-state index < -0.39 is 23.6 Å². The number of imidazole rings is 1. The number of halogens is 4. The highest BCUT2D eigenvalue weighted by Gasteiger charge is 2.30. The first kappa shape index (κ1) is 17.9. The Bertz CT molecular complexity index is 932. The molecule has 1 unspecified atom stereocenters. The Kier molecular flexibility index (Phi) is 4.67. The maximum Gasteiger partial charge on any atom is 0.416 e. The van der Waals surface area contributed by atoms with Gasteiger partial charge in [0, 0.05) is 13.5 Å². The smallest absolute Gasteiger partial charge is 0.348 e. The molecule has 26 heavy (non-hydrogen) atoms. The summed E-state index contributed by atoms with van der Waals surface area (Å²) in [6.45, 7) is 1.44. The average molecular weight is 365 g/mol. The Morgan fingerprint density at radius 2 is 1.88 bits per heavy atom. The maximum absolute atomic E-state index is 14.1. The molecule has 136 valence electrons. The summed E-state index contributed by atoms with van der Waals surface area (Å²) >= 11 is 0. The molecule has 0 aliphatic carbocycles. The first-order chi connectivity index (χ1) is 12.3. The van der Waals surface area contributed by atoms with Gasteiger partial charge in [0.2, 0.25) is 5.91 Å². The van der Waals surface area contributed by atoms with Crippen LogP contribution in [-0.2, 0) is 17.5 Å². The average Bonchev–Trinajstić information content (AvgIpc) is 2.97. The van der Waals surface area contributed by atoms with E-state index in [1.165, 1.54) is 42.1 Å². The van der Waals surface area contributed by atoms with Gasteiger partial charge in [0.1, 0.15) is 11.3 Å². The zero-order valence-electron chi connectivity index (χ0n) is 13.7. The number of nitrogens with one attached hydrogen (secondary N) is 1. The molecular weight excluding hydrogens is 350 g/mol. The fraction of sp³-hybridized carbons (Fsp3) is 0.222. The Hall–Kier alpha value is -2.90. The molecule has 0 saturated carbocycles. The van der Waals surface area contributed by atoms with Crippen molar-refractivity contribution in [2.45, 2.75) is 25.7 Å². The lowest BCUT2D eigenvalue weighted by molar-refractivity contribution is -0.137. The highest BCUT2D eigenvalue weighted by atomic mass is 19.4. The lowest BCUT2D eigenvalue weighted by Crippen LogP contribution is -2.29. The molecule has 0 bridgehead atoms. The molecule has 1 heterocycles. The van der Waals surface area contributed by atoms with Gasteiger partial charge < -0.3 is 9.88 Å². The van der Waals surface area contributed by atoms with Crippen molar-refractivity contribution in [1.29, 1.82) is 0 Å². The van der Waals surface area contributed by atoms with E-state index >= 15 is 0 Å². The van der Waals surface area contributed by atoms with Gasteiger partial charge in [-0.2, -0.15) is 13.2 Å². The summed E-state index contributed by atoms with van der Waals surface area (Å²) in [6, 6.07) is 8.38. The van der Waals surface area contributed by atoms with Crippen molar-refractivity contribution in [2.75, 3.05) is 0 Å². The summed E-state index contributed by atoms with van der Waals surface area (Å²) in [4.78, 5) is 15.6. The van der Waals surface area contributed by atoms with Crippen molar-refractivity contribution in [3.63, 3.8) is 0 Å². The second-order valence-corrected chi connectivity index (χ2v) is 5.88. The van der Waals surface area contributed by atoms with Gasteiger partial charge in [-0.05, 0) is 29.8 Å². The number of rotatable bonds is 4. The van der Waals surface area contributed by atoms with E-state index in [2.05, 4.69) is 10.3 Å². The van der Waals surface area contributed by atoms with E-state index in [9.17, 15) is 22.4 Å². The van der Waals surface area contributed by atoms with E-state index in [-0.39, 0.29) is 18.0 Å². The molecule has 1 atom stereocenters. The number of carbonyl (C=O) groups is 1. The van der Waals surface area contributed by atoms with Crippen LogP contribution in [0, 0.1) is 5.82 Å². The van der Waals surface area contributed by atoms with Crippen molar-refractivity contribution >= 4 is 16.9 Å². The van der Waals surface area contributed by atoms with E-state index in [1.807, 2.05) is 0 Å². The third kappa shape index (κ3) is 3.68. The molecule has 8 heteroatoms. The molecule has 0 fully saturated rings. The highest BCUT2D eigenvalue weighted by molar-refractivity contribution is 5.76. The van der Waals surface area contributed by atoms with Crippen molar-refractivity contribution < 1.29 is 22.4 Å². The van der Waals surface area contributed by atoms with Crippen LogP contribution in [0.5, 0.6) is 0 Å². The summed E-state index contributed by atoms with van der Waals surface area (Å²) in [5, 5.41) is 2.69. The Morgan fingerprint density at radius 3 is 2.50 bits per heavy atom. The van der Waals surface area contributed by atoms with Crippen LogP contribution in [0.3, 0.4) is 0 Å². The van der Waals surface area contributed by atoms with Gasteiger partial charge in [0.25, 0.3) is 0 Å². The van der Waals surface area contributed by atoms with Crippen LogP contribution in [0.1, 0.15) is 24.1 Å². The van der Waals surface area contributed by atoms with Gasteiger partial charge in [-0.1, -0.05) is 18.2 Å². The van der Waals surface area contributed by atoms with Crippen LogP contribution in [-0.4, -0.2) is 15.5 Å². The minimum atomic E-state index is -4.44.